The number of nitrogens with one attached hydrogen (secondary N) is 4. The molecule has 4 N–H and O–H groups in total. The molecule has 8 heterocycles. The second-order valence-corrected chi connectivity index (χ2v) is 22.8. The fraction of sp³-hybridized carbons (Fsp3) is 0.558. The van der Waals surface area contributed by atoms with E-state index in [1.165, 1.54) is 36.8 Å². The number of H-pyrrole nitrogens is 1. The fourth-order valence-electron chi connectivity index (χ4n) is 9.86. The maximum Gasteiger partial charge on any atom is 0.410 e. The predicted molar refractivity (Wildman–Crippen MR) is 285 cm³/mol. The number of aromatic nitrogens is 6. The number of methoxy groups -OCH3 is 1. The highest BCUT2D eigenvalue weighted by Gasteiger charge is 2.32. The van der Waals surface area contributed by atoms with E-state index in [9.17, 15) is 9.59 Å². The summed E-state index contributed by atoms with van der Waals surface area (Å²) < 4.78 is 24.8. The van der Waals surface area contributed by atoms with Crippen LogP contribution in [0.25, 0.3) is 41.6 Å². The van der Waals surface area contributed by atoms with Gasteiger partial charge in [0.25, 0.3) is 5.56 Å². The number of carbonyl (C=O) groups excluding carboxylic acids is 1. The van der Waals surface area contributed by atoms with E-state index in [2.05, 4.69) is 67.1 Å². The van der Waals surface area contributed by atoms with Crippen LogP contribution in [0.5, 0.6) is 5.88 Å². The monoisotopic (exact) mass is 1020 g/mol. The molecule has 4 aromatic heterocycles. The van der Waals surface area contributed by atoms with Crippen molar-refractivity contribution in [3.63, 3.8) is 0 Å². The number of aromatic amines is 1. The number of benzene rings is 2. The van der Waals surface area contributed by atoms with Gasteiger partial charge in [0.2, 0.25) is 17.8 Å². The molecule has 382 valence electrons. The first-order chi connectivity index (χ1) is 35.0. The van der Waals surface area contributed by atoms with E-state index < -0.39 is 5.60 Å². The number of likely N-dealkylation sites (tertiary alicyclic amines) is 1. The van der Waals surface area contributed by atoms with Crippen LogP contribution in [-0.2, 0) is 14.2 Å². The Morgan fingerprint density at radius 2 is 1.32 bits per heavy atom. The van der Waals surface area contributed by atoms with Crippen LogP contribution in [0.1, 0.15) is 95.1 Å². The Labute approximate surface area is 427 Å². The van der Waals surface area contributed by atoms with Crippen molar-refractivity contribution >= 4 is 72.7 Å². The van der Waals surface area contributed by atoms with Gasteiger partial charge in [-0.05, 0) is 126 Å². The molecule has 0 bridgehead atoms. The van der Waals surface area contributed by atoms with E-state index in [0.717, 1.165) is 87.9 Å². The number of fused-ring (bicyclic) bond motifs is 2. The number of anilines is 4. The van der Waals surface area contributed by atoms with Crippen molar-refractivity contribution in [2.75, 3.05) is 106 Å². The zero-order chi connectivity index (χ0) is 49.3. The summed E-state index contributed by atoms with van der Waals surface area (Å²) in [5, 5.41) is 12.2. The lowest BCUT2D eigenvalue weighted by molar-refractivity contribution is 0.0206. The minimum absolute atomic E-state index is 0.00647. The molecular formula is C52H66N12O6S2. The first-order valence-corrected chi connectivity index (χ1v) is 27.4. The Morgan fingerprint density at radius 3 is 1.92 bits per heavy atom. The number of nitrogens with zero attached hydrogens (tertiary/aromatic N) is 8. The zero-order valence-electron chi connectivity index (χ0n) is 41.8. The molecule has 6 aromatic rings. The second-order valence-electron chi connectivity index (χ2n) is 20.7. The van der Waals surface area contributed by atoms with Gasteiger partial charge in [-0.25, -0.2) is 14.8 Å². The van der Waals surface area contributed by atoms with Crippen molar-refractivity contribution < 1.29 is 23.7 Å². The Kier molecular flexibility index (Phi) is 14.2. The number of hydrogen-bond acceptors (Lipinski definition) is 18. The number of rotatable bonds is 11. The topological polar surface area (TPSA) is 197 Å². The maximum absolute atomic E-state index is 13.4. The Hall–Kier alpha value is -5.67. The summed E-state index contributed by atoms with van der Waals surface area (Å²) >= 11 is 3.18. The summed E-state index contributed by atoms with van der Waals surface area (Å²) in [4.78, 5) is 59.9. The minimum atomic E-state index is -0.538. The molecule has 2 aromatic carbocycles. The summed E-state index contributed by atoms with van der Waals surface area (Å²) in [6, 6.07) is 13.4. The van der Waals surface area contributed by atoms with Gasteiger partial charge in [-0.15, -0.1) is 22.7 Å². The largest absolute Gasteiger partial charge is 0.480 e. The predicted octanol–water partition coefficient (Wildman–Crippen LogP) is 8.21. The van der Waals surface area contributed by atoms with E-state index in [-0.39, 0.29) is 23.7 Å². The number of morpholine rings is 2. The molecule has 2 aliphatic carbocycles. The maximum atomic E-state index is 13.4. The van der Waals surface area contributed by atoms with Crippen molar-refractivity contribution in [3.8, 4) is 27.0 Å². The van der Waals surface area contributed by atoms with Crippen molar-refractivity contribution in [1.82, 2.24) is 40.1 Å². The van der Waals surface area contributed by atoms with Gasteiger partial charge in [0.15, 0.2) is 0 Å². The van der Waals surface area contributed by atoms with Gasteiger partial charge < -0.3 is 49.6 Å². The van der Waals surface area contributed by atoms with Crippen LogP contribution in [-0.4, -0.2) is 144 Å². The van der Waals surface area contributed by atoms with Crippen LogP contribution in [0, 0.1) is 0 Å². The first-order valence-electron chi connectivity index (χ1n) is 25.8. The average Bonchev–Trinajstić information content (AvgIpc) is 4.34. The van der Waals surface area contributed by atoms with E-state index in [4.69, 9.17) is 43.9 Å². The van der Waals surface area contributed by atoms with Crippen LogP contribution in [0.4, 0.5) is 28.3 Å². The number of ether oxygens (including phenoxy) is 4. The van der Waals surface area contributed by atoms with Gasteiger partial charge in [0.1, 0.15) is 38.4 Å². The van der Waals surface area contributed by atoms with Gasteiger partial charge in [-0.3, -0.25) is 9.78 Å². The van der Waals surface area contributed by atoms with Crippen molar-refractivity contribution in [2.45, 2.75) is 102 Å². The lowest BCUT2D eigenvalue weighted by Crippen LogP contribution is -2.47. The molecule has 4 saturated heterocycles. The van der Waals surface area contributed by atoms with E-state index in [1.54, 1.807) is 34.7 Å². The molecule has 4 aliphatic heterocycles. The van der Waals surface area contributed by atoms with Crippen molar-refractivity contribution in [1.29, 1.82) is 0 Å². The summed E-state index contributed by atoms with van der Waals surface area (Å²) in [6.07, 6.45) is 8.68. The molecule has 72 heavy (non-hydrogen) atoms. The molecule has 12 rings (SSSR count). The molecule has 2 saturated carbocycles. The van der Waals surface area contributed by atoms with Crippen LogP contribution in [0.3, 0.4) is 0 Å². The molecule has 18 nitrogen and oxygen atoms in total. The number of amides is 1. The van der Waals surface area contributed by atoms with Gasteiger partial charge in [0.05, 0.1) is 54.0 Å². The van der Waals surface area contributed by atoms with Crippen LogP contribution < -0.4 is 36.0 Å². The van der Waals surface area contributed by atoms with Gasteiger partial charge in [0, 0.05) is 57.9 Å². The second kappa shape index (κ2) is 21.0. The van der Waals surface area contributed by atoms with Crippen LogP contribution in [0.15, 0.2) is 41.2 Å². The van der Waals surface area contributed by atoms with Gasteiger partial charge >= 0.3 is 6.09 Å². The lowest BCUT2D eigenvalue weighted by atomic mass is 10.1. The Bertz CT molecular complexity index is 2950. The van der Waals surface area contributed by atoms with E-state index >= 15 is 0 Å². The third kappa shape index (κ3) is 11.3. The molecule has 2 atom stereocenters. The Morgan fingerprint density at radius 1 is 0.722 bits per heavy atom. The number of carbonyl (C=O) groups is 1. The van der Waals surface area contributed by atoms with E-state index in [0.29, 0.717) is 99.4 Å². The van der Waals surface area contributed by atoms with Crippen molar-refractivity contribution in [3.05, 3.63) is 57.9 Å². The number of thiazole rings is 2. The highest BCUT2D eigenvalue weighted by molar-refractivity contribution is 7.22. The molecule has 0 spiro atoms. The average molecular weight is 1020 g/mol. The molecule has 20 heteroatoms. The van der Waals surface area contributed by atoms with Crippen molar-refractivity contribution in [2.24, 2.45) is 0 Å². The lowest BCUT2D eigenvalue weighted by Gasteiger charge is -2.35. The van der Waals surface area contributed by atoms with Gasteiger partial charge in [-0.1, -0.05) is 12.1 Å². The number of hydrogen-bond donors (Lipinski definition) is 4. The van der Waals surface area contributed by atoms with Gasteiger partial charge in [-0.2, -0.15) is 15.0 Å². The summed E-state index contributed by atoms with van der Waals surface area (Å²) in [7, 11) is 1.64. The standard InChI is InChI=1S/C29H38N6O4S.C23H28N6O2S/c1-29(2,3)39-28(36)35-11-5-6-20(17-35)30-24-23(25(37-4)33-27(32-24)34-12-14-38-15-13-34)26-31-21-16-19(18-7-8-18)9-10-22(21)40-26;30-21-19(22-26-17-12-15(14-3-4-14)5-6-18(17)32-22)20(25-16-2-1-7-24-13-16)27-23(28-21)29-8-10-31-11-9-29/h9-10,16,18,20H,5-8,11-15,17H2,1-4H3,(H,30,32,33);5-6,12,14,16,24H,1-4,7-11,13H2,(H2,25,27,28,30)/t20-;16-/m11/s1. The Balaban J connectivity index is 0.000000159. The third-order valence-electron chi connectivity index (χ3n) is 14.0. The molecule has 0 radical (unpaired) electrons. The summed E-state index contributed by atoms with van der Waals surface area (Å²) in [5.41, 5.74) is 5.29. The SMILES string of the molecule is COc1nc(N2CCOCC2)nc(N[C@@H]2CCCN(C(=O)OC(C)(C)C)C2)c1-c1nc2cc(C3CC3)ccc2s1.O=c1[nH]c(N2CCOCC2)nc(N[C@@H]2CCCNC2)c1-c1nc2cc(C3CC3)ccc2s1. The highest BCUT2D eigenvalue weighted by atomic mass is 32.1. The summed E-state index contributed by atoms with van der Waals surface area (Å²) in [6.45, 7) is 14.2. The molecular weight excluding hydrogens is 953 g/mol. The molecule has 6 aliphatic rings. The quantitative estimate of drug-likeness (QED) is 0.0968. The normalized spacial score (nSPS) is 20.8. The first kappa shape index (κ1) is 48.6. The third-order valence-corrected chi connectivity index (χ3v) is 16.1. The minimum Gasteiger partial charge on any atom is -0.480 e. The molecule has 6 fully saturated rings. The van der Waals surface area contributed by atoms with E-state index in [1.807, 2.05) is 20.8 Å². The van der Waals surface area contributed by atoms with Crippen LogP contribution in [0.2, 0.25) is 0 Å². The van der Waals surface area contributed by atoms with Crippen LogP contribution >= 0.6 is 22.7 Å². The number of piperidine rings is 2. The highest BCUT2D eigenvalue weighted by Crippen LogP contribution is 2.45. The fourth-order valence-corrected chi connectivity index (χ4v) is 11.8. The zero-order valence-corrected chi connectivity index (χ0v) is 43.4. The molecule has 0 unspecified atom stereocenters. The molecule has 1 amide bonds. The summed E-state index contributed by atoms with van der Waals surface area (Å²) in [5.74, 6) is 4.33. The smallest absolute Gasteiger partial charge is 0.410 e.